The van der Waals surface area contributed by atoms with E-state index in [1.807, 2.05) is 6.92 Å². The van der Waals surface area contributed by atoms with E-state index in [4.69, 9.17) is 0 Å². The number of nitrogens with one attached hydrogen (secondary N) is 2. The lowest BCUT2D eigenvalue weighted by Crippen LogP contribution is -2.44. The van der Waals surface area contributed by atoms with E-state index in [1.165, 1.54) is 24.3 Å². The highest BCUT2D eigenvalue weighted by atomic mass is 32.2. The maximum Gasteiger partial charge on any atom is 0.573 e. The van der Waals surface area contributed by atoms with Gasteiger partial charge < -0.3 is 20.5 Å². The topological polar surface area (TPSA) is 100 Å². The normalized spacial score (nSPS) is 20.3. The molecule has 2 rings (SSSR count). The number of aliphatic imine (C=N–C) groups is 1. The van der Waals surface area contributed by atoms with E-state index in [9.17, 15) is 26.7 Å². The number of sulfone groups is 1. The van der Waals surface area contributed by atoms with E-state index >= 15 is 0 Å². The molecule has 1 heterocycles. The van der Waals surface area contributed by atoms with Crippen LogP contribution in [0.3, 0.4) is 0 Å². The molecule has 1 saturated heterocycles. The van der Waals surface area contributed by atoms with Crippen molar-refractivity contribution in [1.29, 1.82) is 0 Å². The maximum atomic E-state index is 12.2. The number of rotatable bonds is 8. The standard InChI is InChI=1S/C18H26F3N3O4S/c1-2-22-17(24-15-7-8-29(26,27)12-15)23-10-14(11-25)9-13-3-5-16(6-4-13)28-18(19,20)21/h3-6,14-15,25H,2,7-12H2,1H3,(H2,22,23,24). The van der Waals surface area contributed by atoms with Crippen LogP contribution in [0.5, 0.6) is 5.75 Å². The summed E-state index contributed by atoms with van der Waals surface area (Å²) in [6, 6.07) is 5.28. The molecule has 1 fully saturated rings. The Kier molecular flexibility index (Phi) is 8.14. The molecule has 1 aliphatic rings. The first-order chi connectivity index (χ1) is 13.6. The third kappa shape index (κ3) is 8.48. The van der Waals surface area contributed by atoms with Crippen molar-refractivity contribution in [2.45, 2.75) is 32.2 Å². The van der Waals surface area contributed by atoms with Crippen LogP contribution in [0.2, 0.25) is 0 Å². The third-order valence-electron chi connectivity index (χ3n) is 4.36. The van der Waals surface area contributed by atoms with Gasteiger partial charge in [0, 0.05) is 31.7 Å². The number of guanidine groups is 1. The molecule has 3 N–H and O–H groups in total. The van der Waals surface area contributed by atoms with Crippen LogP contribution in [-0.4, -0.2) is 63.1 Å². The molecule has 1 aromatic rings. The van der Waals surface area contributed by atoms with E-state index in [1.54, 1.807) is 0 Å². The van der Waals surface area contributed by atoms with Gasteiger partial charge in [-0.15, -0.1) is 13.2 Å². The number of hydrogen-bond acceptors (Lipinski definition) is 5. The Morgan fingerprint density at radius 1 is 1.34 bits per heavy atom. The first kappa shape index (κ1) is 23.3. The second kappa shape index (κ2) is 10.1. The van der Waals surface area contributed by atoms with Crippen LogP contribution in [0.1, 0.15) is 18.9 Å². The third-order valence-corrected chi connectivity index (χ3v) is 6.13. The van der Waals surface area contributed by atoms with E-state index < -0.39 is 16.2 Å². The fourth-order valence-electron chi connectivity index (χ4n) is 2.99. The fraction of sp³-hybridized carbons (Fsp3) is 0.611. The van der Waals surface area contributed by atoms with Crippen LogP contribution in [-0.2, 0) is 16.3 Å². The molecule has 0 amide bonds. The van der Waals surface area contributed by atoms with Gasteiger partial charge in [-0.3, -0.25) is 4.99 Å². The lowest BCUT2D eigenvalue weighted by atomic mass is 10.0. The summed E-state index contributed by atoms with van der Waals surface area (Å²) in [5, 5.41) is 15.8. The predicted octanol–water partition coefficient (Wildman–Crippen LogP) is 1.48. The van der Waals surface area contributed by atoms with Gasteiger partial charge in [-0.1, -0.05) is 12.1 Å². The van der Waals surface area contributed by atoms with Gasteiger partial charge in [-0.05, 0) is 37.5 Å². The van der Waals surface area contributed by atoms with Crippen molar-refractivity contribution in [2.75, 3.05) is 31.2 Å². The smallest absolute Gasteiger partial charge is 0.406 e. The van der Waals surface area contributed by atoms with Gasteiger partial charge in [-0.25, -0.2) is 8.42 Å². The Hall–Kier alpha value is -2.01. The summed E-state index contributed by atoms with van der Waals surface area (Å²) in [5.74, 6) is 0.143. The first-order valence-corrected chi connectivity index (χ1v) is 11.1. The molecule has 1 aliphatic heterocycles. The zero-order chi connectivity index (χ0) is 21.5. The van der Waals surface area contributed by atoms with Crippen molar-refractivity contribution in [2.24, 2.45) is 10.9 Å². The summed E-state index contributed by atoms with van der Waals surface area (Å²) in [7, 11) is -3.01. The number of alkyl halides is 3. The summed E-state index contributed by atoms with van der Waals surface area (Å²) >= 11 is 0. The zero-order valence-corrected chi connectivity index (χ0v) is 16.9. The van der Waals surface area contributed by atoms with E-state index in [2.05, 4.69) is 20.4 Å². The van der Waals surface area contributed by atoms with Crippen molar-refractivity contribution in [3.8, 4) is 5.75 Å². The van der Waals surface area contributed by atoms with E-state index in [0.29, 0.717) is 25.3 Å². The van der Waals surface area contributed by atoms with Crippen molar-refractivity contribution in [3.63, 3.8) is 0 Å². The molecule has 0 aromatic heterocycles. The summed E-state index contributed by atoms with van der Waals surface area (Å²) in [5.41, 5.74) is 0.744. The maximum absolute atomic E-state index is 12.2. The van der Waals surface area contributed by atoms with Crippen LogP contribution in [0.25, 0.3) is 0 Å². The molecule has 0 saturated carbocycles. The molecule has 0 bridgehead atoms. The molecule has 0 radical (unpaired) electrons. The van der Waals surface area contributed by atoms with Gasteiger partial charge in [0.1, 0.15) is 5.75 Å². The molecular weight excluding hydrogens is 411 g/mol. The Morgan fingerprint density at radius 2 is 2.03 bits per heavy atom. The number of ether oxygens (including phenoxy) is 1. The second-order valence-electron chi connectivity index (χ2n) is 6.91. The van der Waals surface area contributed by atoms with Crippen molar-refractivity contribution >= 4 is 15.8 Å². The quantitative estimate of drug-likeness (QED) is 0.421. The number of hydrogen-bond donors (Lipinski definition) is 3. The summed E-state index contributed by atoms with van der Waals surface area (Å²) < 4.78 is 63.7. The van der Waals surface area contributed by atoms with Crippen molar-refractivity contribution < 1.29 is 31.4 Å². The molecule has 164 valence electrons. The summed E-state index contributed by atoms with van der Waals surface area (Å²) in [6.07, 6.45) is -3.80. The minimum Gasteiger partial charge on any atom is -0.406 e. The monoisotopic (exact) mass is 437 g/mol. The highest BCUT2D eigenvalue weighted by molar-refractivity contribution is 7.91. The molecule has 7 nitrogen and oxygen atoms in total. The number of nitrogens with zero attached hydrogens (tertiary/aromatic N) is 1. The van der Waals surface area contributed by atoms with Crippen LogP contribution >= 0.6 is 0 Å². The van der Waals surface area contributed by atoms with Gasteiger partial charge in [0.25, 0.3) is 0 Å². The van der Waals surface area contributed by atoms with Crippen LogP contribution in [0.4, 0.5) is 13.2 Å². The van der Waals surface area contributed by atoms with Gasteiger partial charge in [-0.2, -0.15) is 0 Å². The van der Waals surface area contributed by atoms with Gasteiger partial charge in [0.15, 0.2) is 15.8 Å². The minimum absolute atomic E-state index is 0.0627. The molecular formula is C18H26F3N3O4S. The second-order valence-corrected chi connectivity index (χ2v) is 9.14. The molecule has 0 spiro atoms. The number of aliphatic hydroxyl groups excluding tert-OH is 1. The molecule has 11 heteroatoms. The Balaban J connectivity index is 1.94. The van der Waals surface area contributed by atoms with Crippen LogP contribution in [0.15, 0.2) is 29.3 Å². The lowest BCUT2D eigenvalue weighted by molar-refractivity contribution is -0.274. The summed E-state index contributed by atoms with van der Waals surface area (Å²) in [6.45, 7) is 2.60. The predicted molar refractivity (Wildman–Crippen MR) is 104 cm³/mol. The molecule has 1 aromatic carbocycles. The Morgan fingerprint density at radius 3 is 2.55 bits per heavy atom. The molecule has 2 atom stereocenters. The average molecular weight is 437 g/mol. The van der Waals surface area contributed by atoms with Crippen LogP contribution < -0.4 is 15.4 Å². The van der Waals surface area contributed by atoms with Gasteiger partial charge in [0.2, 0.25) is 0 Å². The van der Waals surface area contributed by atoms with E-state index in [-0.39, 0.29) is 42.4 Å². The highest BCUT2D eigenvalue weighted by Crippen LogP contribution is 2.23. The van der Waals surface area contributed by atoms with Crippen molar-refractivity contribution in [3.05, 3.63) is 29.8 Å². The number of benzene rings is 1. The number of halogens is 3. The van der Waals surface area contributed by atoms with Gasteiger partial charge in [0.05, 0.1) is 11.5 Å². The fourth-order valence-corrected chi connectivity index (χ4v) is 4.66. The largest absolute Gasteiger partial charge is 0.573 e. The SMILES string of the molecule is CCNC(=NCC(CO)Cc1ccc(OC(F)(F)F)cc1)NC1CCS(=O)(=O)C1. The van der Waals surface area contributed by atoms with Gasteiger partial charge >= 0.3 is 6.36 Å². The highest BCUT2D eigenvalue weighted by Gasteiger charge is 2.31. The molecule has 2 unspecified atom stereocenters. The Bertz CT molecular complexity index is 783. The first-order valence-electron chi connectivity index (χ1n) is 9.31. The average Bonchev–Trinajstić information content (AvgIpc) is 2.97. The molecule has 0 aliphatic carbocycles. The van der Waals surface area contributed by atoms with Crippen molar-refractivity contribution in [1.82, 2.24) is 10.6 Å². The lowest BCUT2D eigenvalue weighted by Gasteiger charge is -2.18. The summed E-state index contributed by atoms with van der Waals surface area (Å²) in [4.78, 5) is 4.42. The Labute approximate surface area is 168 Å². The van der Waals surface area contributed by atoms with Crippen LogP contribution in [0, 0.1) is 5.92 Å². The minimum atomic E-state index is -4.74. The zero-order valence-electron chi connectivity index (χ0n) is 16.1. The molecule has 29 heavy (non-hydrogen) atoms. The van der Waals surface area contributed by atoms with E-state index in [0.717, 1.165) is 5.56 Å². The number of aliphatic hydroxyl groups is 1.